The van der Waals surface area contributed by atoms with Gasteiger partial charge in [-0.3, -0.25) is 0 Å². The number of hydrogen-bond donors (Lipinski definition) is 0. The van der Waals surface area contributed by atoms with Crippen molar-refractivity contribution >= 4 is 22.6 Å². The second-order valence-electron chi connectivity index (χ2n) is 5.46. The number of nitrogens with zero attached hydrogens (tertiary/aromatic N) is 2. The molecule has 18 heavy (non-hydrogen) atoms. The lowest BCUT2D eigenvalue weighted by atomic mass is 9.80. The van der Waals surface area contributed by atoms with Gasteiger partial charge in [0.1, 0.15) is 5.82 Å². The van der Waals surface area contributed by atoms with E-state index in [4.69, 9.17) is 11.6 Å². The topological polar surface area (TPSA) is 17.8 Å². The molecule has 0 N–H and O–H groups in total. The molecule has 96 valence electrons. The van der Waals surface area contributed by atoms with Crippen molar-refractivity contribution in [1.82, 2.24) is 9.55 Å². The lowest BCUT2D eigenvalue weighted by Gasteiger charge is -2.33. The molecule has 1 saturated carbocycles. The molecule has 1 unspecified atom stereocenters. The molecule has 1 fully saturated rings. The van der Waals surface area contributed by atoms with Gasteiger partial charge in [-0.15, -0.1) is 11.6 Å². The molecular formula is C15H19ClN2. The molecule has 1 heterocycles. The van der Waals surface area contributed by atoms with Crippen LogP contribution in [0.4, 0.5) is 0 Å². The van der Waals surface area contributed by atoms with Crippen LogP contribution in [-0.4, -0.2) is 9.55 Å². The van der Waals surface area contributed by atoms with Gasteiger partial charge in [0.25, 0.3) is 0 Å². The molecule has 0 bridgehead atoms. The summed E-state index contributed by atoms with van der Waals surface area (Å²) >= 11 is 6.07. The van der Waals surface area contributed by atoms with Crippen LogP contribution in [0.5, 0.6) is 0 Å². The summed E-state index contributed by atoms with van der Waals surface area (Å²) in [5.41, 5.74) is 3.57. The molecule has 0 amide bonds. The SMILES string of the molecule is Cc1ccc2c(c1)nc(CCl)n2C(C)C1CCC1. The molecule has 0 spiro atoms. The maximum Gasteiger partial charge on any atom is 0.125 e. The zero-order valence-corrected chi connectivity index (χ0v) is 11.7. The second kappa shape index (κ2) is 4.58. The largest absolute Gasteiger partial charge is 0.324 e. The molecule has 2 aromatic rings. The van der Waals surface area contributed by atoms with Crippen molar-refractivity contribution in [2.75, 3.05) is 0 Å². The molecule has 0 saturated heterocycles. The van der Waals surface area contributed by atoms with Gasteiger partial charge in [-0.05, 0) is 50.3 Å². The van der Waals surface area contributed by atoms with E-state index in [9.17, 15) is 0 Å². The van der Waals surface area contributed by atoms with Crippen molar-refractivity contribution in [3.63, 3.8) is 0 Å². The van der Waals surface area contributed by atoms with Crippen molar-refractivity contribution in [1.29, 1.82) is 0 Å². The predicted molar refractivity (Wildman–Crippen MR) is 76.1 cm³/mol. The number of alkyl halides is 1. The van der Waals surface area contributed by atoms with E-state index in [1.165, 1.54) is 30.3 Å². The van der Waals surface area contributed by atoms with Gasteiger partial charge in [-0.2, -0.15) is 0 Å². The summed E-state index contributed by atoms with van der Waals surface area (Å²) in [6.07, 6.45) is 4.06. The van der Waals surface area contributed by atoms with Crippen LogP contribution in [0, 0.1) is 12.8 Å². The Labute approximate surface area is 113 Å². The summed E-state index contributed by atoms with van der Waals surface area (Å²) < 4.78 is 2.35. The molecule has 1 aromatic carbocycles. The average Bonchev–Trinajstić information content (AvgIpc) is 2.63. The van der Waals surface area contributed by atoms with Gasteiger partial charge in [0, 0.05) is 6.04 Å². The summed E-state index contributed by atoms with van der Waals surface area (Å²) in [4.78, 5) is 4.68. The standard InChI is InChI=1S/C15H19ClN2/c1-10-6-7-14-13(8-10)17-15(9-16)18(14)11(2)12-4-3-5-12/h6-8,11-12H,3-5,9H2,1-2H3. The first kappa shape index (κ1) is 12.0. The Morgan fingerprint density at radius 3 is 2.83 bits per heavy atom. The lowest BCUT2D eigenvalue weighted by Crippen LogP contribution is -2.23. The number of fused-ring (bicyclic) bond motifs is 1. The van der Waals surface area contributed by atoms with Gasteiger partial charge in [0.05, 0.1) is 16.9 Å². The van der Waals surface area contributed by atoms with E-state index in [1.54, 1.807) is 0 Å². The number of hydrogen-bond acceptors (Lipinski definition) is 1. The van der Waals surface area contributed by atoms with E-state index in [-0.39, 0.29) is 0 Å². The van der Waals surface area contributed by atoms with Crippen molar-refractivity contribution in [3.05, 3.63) is 29.6 Å². The minimum absolute atomic E-state index is 0.491. The number of benzene rings is 1. The number of aryl methyl sites for hydroxylation is 1. The van der Waals surface area contributed by atoms with E-state index in [1.807, 2.05) is 0 Å². The number of rotatable bonds is 3. The van der Waals surface area contributed by atoms with E-state index >= 15 is 0 Å². The van der Waals surface area contributed by atoms with E-state index < -0.39 is 0 Å². The van der Waals surface area contributed by atoms with Gasteiger partial charge in [-0.1, -0.05) is 12.5 Å². The third-order valence-corrected chi connectivity index (χ3v) is 4.52. The van der Waals surface area contributed by atoms with Crippen molar-refractivity contribution in [2.24, 2.45) is 5.92 Å². The van der Waals surface area contributed by atoms with Crippen LogP contribution in [-0.2, 0) is 5.88 Å². The first-order valence-electron chi connectivity index (χ1n) is 6.74. The van der Waals surface area contributed by atoms with Crippen molar-refractivity contribution in [2.45, 2.75) is 45.0 Å². The van der Waals surface area contributed by atoms with Crippen LogP contribution in [0.25, 0.3) is 11.0 Å². The second-order valence-corrected chi connectivity index (χ2v) is 5.72. The van der Waals surface area contributed by atoms with E-state index in [0.29, 0.717) is 11.9 Å². The van der Waals surface area contributed by atoms with E-state index in [2.05, 4.69) is 41.6 Å². The predicted octanol–water partition coefficient (Wildman–Crippen LogP) is 4.44. The molecule has 1 aliphatic carbocycles. The minimum Gasteiger partial charge on any atom is -0.324 e. The smallest absolute Gasteiger partial charge is 0.125 e. The Bertz CT molecular complexity index is 569. The lowest BCUT2D eigenvalue weighted by molar-refractivity contribution is 0.223. The number of aromatic nitrogens is 2. The molecule has 1 aliphatic rings. The average molecular weight is 263 g/mol. The maximum atomic E-state index is 6.07. The van der Waals surface area contributed by atoms with Gasteiger partial charge in [0.15, 0.2) is 0 Å². The highest BCUT2D eigenvalue weighted by molar-refractivity contribution is 6.16. The Morgan fingerprint density at radius 2 is 2.22 bits per heavy atom. The fourth-order valence-electron chi connectivity index (χ4n) is 2.94. The molecule has 1 atom stereocenters. The Kier molecular flexibility index (Phi) is 3.06. The van der Waals surface area contributed by atoms with Gasteiger partial charge in [0.2, 0.25) is 0 Å². The zero-order valence-electron chi connectivity index (χ0n) is 11.0. The fourth-order valence-corrected chi connectivity index (χ4v) is 3.13. The first-order valence-corrected chi connectivity index (χ1v) is 7.27. The summed E-state index contributed by atoms with van der Waals surface area (Å²) in [6.45, 7) is 4.41. The highest BCUT2D eigenvalue weighted by atomic mass is 35.5. The number of imidazole rings is 1. The monoisotopic (exact) mass is 262 g/mol. The fraction of sp³-hybridized carbons (Fsp3) is 0.533. The van der Waals surface area contributed by atoms with Crippen molar-refractivity contribution < 1.29 is 0 Å². The number of halogens is 1. The highest BCUT2D eigenvalue weighted by Gasteiger charge is 2.27. The maximum absolute atomic E-state index is 6.07. The molecule has 0 radical (unpaired) electrons. The van der Waals surface area contributed by atoms with Crippen LogP contribution < -0.4 is 0 Å². The summed E-state index contributed by atoms with van der Waals surface area (Å²) in [7, 11) is 0. The van der Waals surface area contributed by atoms with Crippen molar-refractivity contribution in [3.8, 4) is 0 Å². The molecule has 3 heteroatoms. The molecule has 0 aliphatic heterocycles. The highest BCUT2D eigenvalue weighted by Crippen LogP contribution is 2.38. The van der Waals surface area contributed by atoms with Crippen LogP contribution >= 0.6 is 11.6 Å². The minimum atomic E-state index is 0.491. The van der Waals surface area contributed by atoms with Crippen LogP contribution in [0.15, 0.2) is 18.2 Å². The summed E-state index contributed by atoms with van der Waals surface area (Å²) in [5, 5.41) is 0. The van der Waals surface area contributed by atoms with E-state index in [0.717, 1.165) is 17.3 Å². The van der Waals surface area contributed by atoms with Gasteiger partial charge < -0.3 is 4.57 Å². The van der Waals surface area contributed by atoms with Crippen LogP contribution in [0.3, 0.4) is 0 Å². The van der Waals surface area contributed by atoms with Crippen LogP contribution in [0.1, 0.15) is 43.6 Å². The molecular weight excluding hydrogens is 244 g/mol. The third kappa shape index (κ3) is 1.83. The first-order chi connectivity index (χ1) is 8.70. The Morgan fingerprint density at radius 1 is 1.44 bits per heavy atom. The summed E-state index contributed by atoms with van der Waals surface area (Å²) in [5.74, 6) is 2.30. The molecule has 2 nitrogen and oxygen atoms in total. The van der Waals surface area contributed by atoms with Gasteiger partial charge >= 0.3 is 0 Å². The summed E-state index contributed by atoms with van der Waals surface area (Å²) in [6, 6.07) is 7.00. The normalized spacial score (nSPS) is 17.9. The van der Waals surface area contributed by atoms with Crippen LogP contribution in [0.2, 0.25) is 0 Å². The quantitative estimate of drug-likeness (QED) is 0.748. The molecule has 1 aromatic heterocycles. The molecule has 3 rings (SSSR count). The van der Waals surface area contributed by atoms with Gasteiger partial charge in [-0.25, -0.2) is 4.98 Å². The zero-order chi connectivity index (χ0) is 12.7. The third-order valence-electron chi connectivity index (χ3n) is 4.28. The Balaban J connectivity index is 2.12. The Hall–Kier alpha value is -1.02.